The minimum atomic E-state index is -0.205. The quantitative estimate of drug-likeness (QED) is 0.824. The summed E-state index contributed by atoms with van der Waals surface area (Å²) in [5.41, 5.74) is 6.68. The smallest absolute Gasteiger partial charge is 0.123 e. The summed E-state index contributed by atoms with van der Waals surface area (Å²) in [6.07, 6.45) is 0. The molecule has 1 atom stereocenters. The maximum Gasteiger partial charge on any atom is 0.123 e. The van der Waals surface area contributed by atoms with E-state index in [0.717, 1.165) is 15.3 Å². The fourth-order valence-electron chi connectivity index (χ4n) is 1.39. The fraction of sp³-hybridized carbons (Fsp3) is 0.167. The van der Waals surface area contributed by atoms with E-state index < -0.39 is 0 Å². The lowest BCUT2D eigenvalue weighted by Gasteiger charge is -1.99. The lowest BCUT2D eigenvalue weighted by Crippen LogP contribution is -2.01. The Bertz CT molecular complexity index is 462. The van der Waals surface area contributed by atoms with Gasteiger partial charge in [-0.15, -0.1) is 11.3 Å². The predicted octanol–water partition coefficient (Wildman–Crippen LogP) is 3.57. The average molecular weight is 221 g/mol. The maximum atomic E-state index is 13.0. The van der Waals surface area contributed by atoms with E-state index >= 15 is 0 Å². The van der Waals surface area contributed by atoms with E-state index in [0.29, 0.717) is 0 Å². The van der Waals surface area contributed by atoms with Crippen LogP contribution < -0.4 is 5.73 Å². The summed E-state index contributed by atoms with van der Waals surface area (Å²) in [7, 11) is 0. The second-order valence-corrected chi connectivity index (χ2v) is 4.62. The first-order valence-corrected chi connectivity index (χ1v) is 5.60. The van der Waals surface area contributed by atoms with Crippen molar-refractivity contribution in [3.8, 4) is 10.4 Å². The summed E-state index contributed by atoms with van der Waals surface area (Å²) in [5.74, 6) is -0.205. The van der Waals surface area contributed by atoms with Gasteiger partial charge in [-0.05, 0) is 36.8 Å². The van der Waals surface area contributed by atoms with Gasteiger partial charge in [-0.3, -0.25) is 0 Å². The predicted molar refractivity (Wildman–Crippen MR) is 62.3 cm³/mol. The largest absolute Gasteiger partial charge is 0.324 e. The Morgan fingerprint density at radius 1 is 1.27 bits per heavy atom. The Hall–Kier alpha value is -1.19. The van der Waals surface area contributed by atoms with Crippen LogP contribution in [0.2, 0.25) is 0 Å². The summed E-state index contributed by atoms with van der Waals surface area (Å²) >= 11 is 1.61. The van der Waals surface area contributed by atoms with Crippen LogP contribution in [0.5, 0.6) is 0 Å². The number of rotatable bonds is 2. The minimum absolute atomic E-state index is 0.0392. The third-order valence-electron chi connectivity index (χ3n) is 2.18. The molecule has 0 saturated heterocycles. The van der Waals surface area contributed by atoms with Crippen molar-refractivity contribution in [2.75, 3.05) is 0 Å². The lowest BCUT2D eigenvalue weighted by molar-refractivity contribution is 0.628. The molecule has 1 unspecified atom stereocenters. The summed E-state index contributed by atoms with van der Waals surface area (Å²) in [4.78, 5) is 2.18. The molecule has 2 rings (SSSR count). The monoisotopic (exact) mass is 221 g/mol. The molecule has 0 aliphatic rings. The molecule has 0 aliphatic carbocycles. The van der Waals surface area contributed by atoms with Crippen molar-refractivity contribution in [2.24, 2.45) is 5.73 Å². The van der Waals surface area contributed by atoms with E-state index in [1.54, 1.807) is 17.4 Å². The van der Waals surface area contributed by atoms with Gasteiger partial charge in [0.15, 0.2) is 0 Å². The second-order valence-electron chi connectivity index (χ2n) is 3.50. The Morgan fingerprint density at radius 2 is 2.07 bits per heavy atom. The number of nitrogens with two attached hydrogens (primary N) is 1. The molecule has 0 amide bonds. The van der Waals surface area contributed by atoms with Crippen molar-refractivity contribution in [1.82, 2.24) is 0 Å². The highest BCUT2D eigenvalue weighted by molar-refractivity contribution is 7.15. The highest BCUT2D eigenvalue weighted by Gasteiger charge is 2.06. The Morgan fingerprint density at radius 3 is 2.67 bits per heavy atom. The van der Waals surface area contributed by atoms with Crippen molar-refractivity contribution in [2.45, 2.75) is 13.0 Å². The molecule has 0 saturated carbocycles. The number of hydrogen-bond donors (Lipinski definition) is 1. The van der Waals surface area contributed by atoms with Crippen LogP contribution in [0, 0.1) is 5.82 Å². The van der Waals surface area contributed by atoms with E-state index in [1.165, 1.54) is 12.1 Å². The van der Waals surface area contributed by atoms with E-state index in [-0.39, 0.29) is 11.9 Å². The molecule has 1 aromatic heterocycles. The first-order chi connectivity index (χ1) is 7.16. The third kappa shape index (κ3) is 2.25. The van der Waals surface area contributed by atoms with Crippen LogP contribution in [0.3, 0.4) is 0 Å². The van der Waals surface area contributed by atoms with Gasteiger partial charge in [0.25, 0.3) is 0 Å². The van der Waals surface area contributed by atoms with E-state index in [1.807, 2.05) is 25.1 Å². The molecule has 0 bridgehead atoms. The summed E-state index contributed by atoms with van der Waals surface area (Å²) < 4.78 is 13.0. The number of hydrogen-bond acceptors (Lipinski definition) is 2. The molecule has 0 fully saturated rings. The maximum absolute atomic E-state index is 13.0. The van der Waals surface area contributed by atoms with Gasteiger partial charge in [-0.1, -0.05) is 12.1 Å². The van der Waals surface area contributed by atoms with Gasteiger partial charge in [0.05, 0.1) is 0 Å². The normalized spacial score (nSPS) is 12.7. The van der Waals surface area contributed by atoms with Gasteiger partial charge in [-0.25, -0.2) is 4.39 Å². The molecule has 15 heavy (non-hydrogen) atoms. The lowest BCUT2D eigenvalue weighted by atomic mass is 10.2. The van der Waals surface area contributed by atoms with Crippen molar-refractivity contribution in [3.05, 3.63) is 47.1 Å². The molecule has 78 valence electrons. The van der Waals surface area contributed by atoms with Crippen molar-refractivity contribution >= 4 is 11.3 Å². The molecule has 2 aromatic rings. The zero-order valence-electron chi connectivity index (χ0n) is 8.41. The second kappa shape index (κ2) is 4.13. The van der Waals surface area contributed by atoms with E-state index in [2.05, 4.69) is 0 Å². The van der Waals surface area contributed by atoms with Crippen LogP contribution in [0.15, 0.2) is 36.4 Å². The highest BCUT2D eigenvalue weighted by Crippen LogP contribution is 2.30. The average Bonchev–Trinajstić information content (AvgIpc) is 2.66. The number of thiophene rings is 1. The van der Waals surface area contributed by atoms with Crippen LogP contribution in [0.25, 0.3) is 10.4 Å². The molecular weight excluding hydrogens is 209 g/mol. The molecule has 3 heteroatoms. The van der Waals surface area contributed by atoms with Crippen LogP contribution in [0.4, 0.5) is 4.39 Å². The van der Waals surface area contributed by atoms with Gasteiger partial charge < -0.3 is 5.73 Å². The zero-order chi connectivity index (χ0) is 10.8. The fourth-order valence-corrected chi connectivity index (χ4v) is 2.35. The van der Waals surface area contributed by atoms with Gasteiger partial charge in [-0.2, -0.15) is 0 Å². The molecule has 1 heterocycles. The molecular formula is C12H12FNS. The Balaban J connectivity index is 2.37. The van der Waals surface area contributed by atoms with Crippen molar-refractivity contribution in [1.29, 1.82) is 0 Å². The summed E-state index contributed by atoms with van der Waals surface area (Å²) in [6.45, 7) is 1.95. The molecule has 0 aliphatic heterocycles. The van der Waals surface area contributed by atoms with Gasteiger partial charge >= 0.3 is 0 Å². The van der Waals surface area contributed by atoms with Crippen molar-refractivity contribution < 1.29 is 4.39 Å². The summed E-state index contributed by atoms with van der Waals surface area (Å²) in [6, 6.07) is 10.6. The first kappa shape index (κ1) is 10.3. The van der Waals surface area contributed by atoms with E-state index in [4.69, 9.17) is 5.73 Å². The molecule has 0 spiro atoms. The molecule has 2 N–H and O–H groups in total. The van der Waals surface area contributed by atoms with Crippen LogP contribution in [-0.2, 0) is 0 Å². The number of halogens is 1. The van der Waals surface area contributed by atoms with Crippen LogP contribution in [-0.4, -0.2) is 0 Å². The standard InChI is InChI=1S/C12H12FNS/c1-8(14)11-5-6-12(15-11)9-3-2-4-10(13)7-9/h2-8H,14H2,1H3. The highest BCUT2D eigenvalue weighted by atomic mass is 32.1. The van der Waals surface area contributed by atoms with Crippen molar-refractivity contribution in [3.63, 3.8) is 0 Å². The van der Waals surface area contributed by atoms with Crippen LogP contribution >= 0.6 is 11.3 Å². The summed E-state index contributed by atoms with van der Waals surface area (Å²) in [5, 5.41) is 0. The van der Waals surface area contributed by atoms with Crippen LogP contribution in [0.1, 0.15) is 17.8 Å². The SMILES string of the molecule is CC(N)c1ccc(-c2cccc(F)c2)s1. The molecule has 0 radical (unpaired) electrons. The molecule has 1 nitrogen and oxygen atoms in total. The molecule has 1 aromatic carbocycles. The third-order valence-corrected chi connectivity index (χ3v) is 3.52. The van der Waals surface area contributed by atoms with Gasteiger partial charge in [0, 0.05) is 15.8 Å². The topological polar surface area (TPSA) is 26.0 Å². The van der Waals surface area contributed by atoms with E-state index in [9.17, 15) is 4.39 Å². The zero-order valence-corrected chi connectivity index (χ0v) is 9.22. The Kier molecular flexibility index (Phi) is 2.84. The van der Waals surface area contributed by atoms with Gasteiger partial charge in [0.2, 0.25) is 0 Å². The first-order valence-electron chi connectivity index (χ1n) is 4.78. The number of benzene rings is 1. The Labute approximate surface area is 92.4 Å². The van der Waals surface area contributed by atoms with Gasteiger partial charge in [0.1, 0.15) is 5.82 Å². The minimum Gasteiger partial charge on any atom is -0.324 e.